The second kappa shape index (κ2) is 6.40. The topological polar surface area (TPSA) is 34.1 Å². The van der Waals surface area contributed by atoms with Gasteiger partial charge in [-0.2, -0.15) is 0 Å². The Bertz CT molecular complexity index is 150. The van der Waals surface area contributed by atoms with Crippen molar-refractivity contribution in [2.24, 2.45) is 0 Å². The zero-order chi connectivity index (χ0) is 9.56. The van der Waals surface area contributed by atoms with Crippen molar-refractivity contribution < 1.29 is 9.59 Å². The maximum atomic E-state index is 11.3. The fourth-order valence-corrected chi connectivity index (χ4v) is 3.85. The molecule has 0 aliphatic carbocycles. The molecule has 0 radical (unpaired) electrons. The SMILES string of the molecule is CC[CH2][Al]([C](=O)CC)[C](=O)CC. The summed E-state index contributed by atoms with van der Waals surface area (Å²) in [5.41, 5.74) is 0. The number of hydrogen-bond acceptors (Lipinski definition) is 2. The lowest BCUT2D eigenvalue weighted by Crippen LogP contribution is -2.34. The van der Waals surface area contributed by atoms with Gasteiger partial charge in [-0.1, -0.05) is 32.5 Å². The molecule has 12 heavy (non-hydrogen) atoms. The summed E-state index contributed by atoms with van der Waals surface area (Å²) in [5.74, 6) is 0. The minimum Gasteiger partial charge on any atom is -0.320 e. The van der Waals surface area contributed by atoms with Gasteiger partial charge in [-0.15, -0.1) is 0 Å². The standard InChI is InChI=1S/2C3H5O.C3H7.Al/c2*1-2-3-4;1-3-2;/h2*2H2,1H3;1,3H2,2H3;. The molecule has 0 saturated carbocycles. The molecule has 0 amide bonds. The zero-order valence-corrected chi connectivity index (χ0v) is 9.38. The van der Waals surface area contributed by atoms with Crippen molar-refractivity contribution in [1.29, 1.82) is 0 Å². The van der Waals surface area contributed by atoms with E-state index in [1.807, 2.05) is 20.8 Å². The van der Waals surface area contributed by atoms with Crippen molar-refractivity contribution in [3.63, 3.8) is 0 Å². The molecule has 3 heteroatoms. The van der Waals surface area contributed by atoms with E-state index in [0.29, 0.717) is 12.8 Å². The first-order chi connectivity index (χ1) is 5.67. The molecular weight excluding hydrogens is 167 g/mol. The summed E-state index contributed by atoms with van der Waals surface area (Å²) >= 11 is -1.70. The van der Waals surface area contributed by atoms with Crippen LogP contribution >= 0.6 is 0 Å². The number of carbonyl (C=O) groups excluding carboxylic acids is 2. The van der Waals surface area contributed by atoms with E-state index in [1.54, 1.807) is 0 Å². The zero-order valence-electron chi connectivity index (χ0n) is 8.22. The maximum absolute atomic E-state index is 11.3. The second-order valence-electron chi connectivity index (χ2n) is 2.98. The van der Waals surface area contributed by atoms with Gasteiger partial charge in [0.2, 0.25) is 0 Å². The highest BCUT2D eigenvalue weighted by Crippen LogP contribution is 2.04. The van der Waals surface area contributed by atoms with Crippen LogP contribution in [0.3, 0.4) is 0 Å². The Morgan fingerprint density at radius 1 is 1.00 bits per heavy atom. The molecule has 0 aliphatic heterocycles. The van der Waals surface area contributed by atoms with Gasteiger partial charge < -0.3 is 9.59 Å². The molecule has 2 nitrogen and oxygen atoms in total. The monoisotopic (exact) mass is 184 g/mol. The number of carbonyl (C=O) groups is 2. The van der Waals surface area contributed by atoms with Crippen LogP contribution in [0.25, 0.3) is 0 Å². The summed E-state index contributed by atoms with van der Waals surface area (Å²) in [5, 5.41) is 0.860. The van der Waals surface area contributed by atoms with Gasteiger partial charge in [0.25, 0.3) is 0 Å². The largest absolute Gasteiger partial charge is 0.461 e. The Labute approximate surface area is 78.7 Å². The molecule has 0 bridgehead atoms. The molecule has 0 fully saturated rings. The van der Waals surface area contributed by atoms with Gasteiger partial charge in [-0.25, -0.2) is 0 Å². The third kappa shape index (κ3) is 3.51. The average molecular weight is 184 g/mol. The van der Waals surface area contributed by atoms with Gasteiger partial charge in [-0.05, 0) is 12.8 Å². The van der Waals surface area contributed by atoms with E-state index < -0.39 is 14.1 Å². The third-order valence-corrected chi connectivity index (χ3v) is 5.58. The van der Waals surface area contributed by atoms with Crippen molar-refractivity contribution in [3.8, 4) is 0 Å². The highest BCUT2D eigenvalue weighted by molar-refractivity contribution is 7.11. The van der Waals surface area contributed by atoms with Gasteiger partial charge in [0.1, 0.15) is 0 Å². The van der Waals surface area contributed by atoms with E-state index in [2.05, 4.69) is 0 Å². The van der Waals surface area contributed by atoms with E-state index >= 15 is 0 Å². The number of rotatable bonds is 6. The Balaban J connectivity index is 4.21. The molecule has 0 heterocycles. The van der Waals surface area contributed by atoms with E-state index in [1.165, 1.54) is 0 Å². The van der Waals surface area contributed by atoms with E-state index in [-0.39, 0.29) is 9.29 Å². The molecule has 0 aliphatic rings. The number of hydrogen-bond donors (Lipinski definition) is 0. The summed E-state index contributed by atoms with van der Waals surface area (Å²) in [6.07, 6.45) is 2.06. The summed E-state index contributed by atoms with van der Waals surface area (Å²) in [7, 11) is 0. The lowest BCUT2D eigenvalue weighted by molar-refractivity contribution is -0.115. The van der Waals surface area contributed by atoms with E-state index in [9.17, 15) is 9.59 Å². The third-order valence-electron chi connectivity index (χ3n) is 2.05. The Kier molecular flexibility index (Phi) is 6.33. The summed E-state index contributed by atoms with van der Waals surface area (Å²) in [6, 6.07) is 0. The Morgan fingerprint density at radius 2 is 1.42 bits per heavy atom. The van der Waals surface area contributed by atoms with Crippen LogP contribution in [0.2, 0.25) is 5.28 Å². The van der Waals surface area contributed by atoms with Crippen LogP contribution in [-0.2, 0) is 9.59 Å². The first kappa shape index (κ1) is 11.9. The van der Waals surface area contributed by atoms with Crippen molar-refractivity contribution in [2.45, 2.75) is 45.3 Å². The van der Waals surface area contributed by atoms with E-state index in [0.717, 1.165) is 11.7 Å². The van der Waals surface area contributed by atoms with Crippen molar-refractivity contribution in [1.82, 2.24) is 0 Å². The average Bonchev–Trinajstić information content (AvgIpc) is 2.11. The molecule has 68 valence electrons. The lowest BCUT2D eigenvalue weighted by Gasteiger charge is -2.04. The summed E-state index contributed by atoms with van der Waals surface area (Å²) in [6.45, 7) is 5.73. The molecule has 0 atom stereocenters. The van der Waals surface area contributed by atoms with Gasteiger partial charge in [-0.3, -0.25) is 0 Å². The molecule has 0 aromatic rings. The first-order valence-electron chi connectivity index (χ1n) is 4.72. The van der Waals surface area contributed by atoms with Gasteiger partial charge >= 0.3 is 14.1 Å². The highest BCUT2D eigenvalue weighted by atomic mass is 27.2. The van der Waals surface area contributed by atoms with Crippen LogP contribution in [0, 0.1) is 0 Å². The quantitative estimate of drug-likeness (QED) is 0.591. The molecule has 0 spiro atoms. The summed E-state index contributed by atoms with van der Waals surface area (Å²) < 4.78 is 0.479. The fraction of sp³-hybridized carbons (Fsp3) is 0.778. The van der Waals surface area contributed by atoms with Crippen LogP contribution in [0.1, 0.15) is 40.0 Å². The maximum Gasteiger partial charge on any atom is 0.461 e. The van der Waals surface area contributed by atoms with Crippen LogP contribution < -0.4 is 0 Å². The van der Waals surface area contributed by atoms with Crippen LogP contribution in [0.15, 0.2) is 0 Å². The van der Waals surface area contributed by atoms with Crippen LogP contribution in [0.4, 0.5) is 0 Å². The van der Waals surface area contributed by atoms with E-state index in [4.69, 9.17) is 0 Å². The van der Waals surface area contributed by atoms with Gasteiger partial charge in [0.15, 0.2) is 0 Å². The van der Waals surface area contributed by atoms with Crippen LogP contribution in [-0.4, -0.2) is 23.4 Å². The molecule has 0 aromatic carbocycles. The normalized spacial score (nSPS) is 9.58. The molecule has 0 saturated heterocycles. The van der Waals surface area contributed by atoms with Gasteiger partial charge in [0.05, 0.1) is 9.29 Å². The first-order valence-corrected chi connectivity index (χ1v) is 6.69. The van der Waals surface area contributed by atoms with Gasteiger partial charge in [0, 0.05) is 0 Å². The smallest absolute Gasteiger partial charge is 0.320 e. The predicted molar refractivity (Wildman–Crippen MR) is 51.4 cm³/mol. The highest BCUT2D eigenvalue weighted by Gasteiger charge is 2.31. The van der Waals surface area contributed by atoms with Crippen molar-refractivity contribution in [3.05, 3.63) is 0 Å². The minimum atomic E-state index is -1.70. The van der Waals surface area contributed by atoms with Crippen LogP contribution in [0.5, 0.6) is 0 Å². The molecule has 0 aromatic heterocycles. The van der Waals surface area contributed by atoms with Crippen molar-refractivity contribution in [2.75, 3.05) is 0 Å². The molecular formula is C9H17AlO2. The second-order valence-corrected chi connectivity index (χ2v) is 5.95. The predicted octanol–water partition coefficient (Wildman–Crippen LogP) is 1.93. The Morgan fingerprint density at radius 3 is 1.67 bits per heavy atom. The fourth-order valence-electron chi connectivity index (χ4n) is 1.28. The Hall–Kier alpha value is -0.128. The molecule has 0 unspecified atom stereocenters. The molecule has 0 rings (SSSR count). The molecule has 0 N–H and O–H groups in total. The lowest BCUT2D eigenvalue weighted by atomic mass is 10.5. The minimum absolute atomic E-state index is 0.240. The van der Waals surface area contributed by atoms with Crippen molar-refractivity contribution >= 4 is 23.4 Å². The summed E-state index contributed by atoms with van der Waals surface area (Å²) in [4.78, 5) is 22.7.